The van der Waals surface area contributed by atoms with Crippen LogP contribution in [0.5, 0.6) is 69.0 Å². The highest BCUT2D eigenvalue weighted by atomic mass is 16.7. The number of carbonyl (C=O) groups excluding carboxylic acids is 7. The quantitative estimate of drug-likeness (QED) is 0.0418. The highest BCUT2D eigenvalue weighted by molar-refractivity contribution is 6.33. The van der Waals surface area contributed by atoms with Gasteiger partial charge in [0.1, 0.15) is 18.6 Å². The van der Waals surface area contributed by atoms with Gasteiger partial charge in [0.25, 0.3) is 0 Å². The Morgan fingerprint density at radius 2 is 1.09 bits per heavy atom. The first-order valence-corrected chi connectivity index (χ1v) is 19.0. The summed E-state index contributed by atoms with van der Waals surface area (Å²) in [4.78, 5) is 109. The number of benzene rings is 4. The minimum absolute atomic E-state index is 0.355. The third-order valence-electron chi connectivity index (χ3n) is 11.0. The fraction of sp³-hybridized carbons (Fsp3) is 0.220. The SMILES string of the molecule is O=C(O)C(=O)C[C@@H]1C(=O)O[C@H]2[C@@H]3OC(=O)c4cc(O)c(O)c(O)c4-c4c(cc(O)c(O)c4O)C(=O)OC[C@H]2O[C@@H](OC(=O)c2cc(O)c(O)c(O)c2)[C@@H]3OC(=O)c2cc(O)c(O)c3c2[C@H]1C(=O)O3. The number of aliphatic carboxylic acids is 1. The highest BCUT2D eigenvalue weighted by Gasteiger charge is 2.58. The first-order valence-electron chi connectivity index (χ1n) is 19.0. The van der Waals surface area contributed by atoms with E-state index in [9.17, 15) is 99.6 Å². The molecule has 354 valence electrons. The van der Waals surface area contributed by atoms with E-state index in [2.05, 4.69) is 0 Å². The zero-order chi connectivity index (χ0) is 49.5. The molecule has 7 atom stereocenters. The number of fused-ring (bicyclic) bond motifs is 3. The van der Waals surface area contributed by atoms with Crippen molar-refractivity contribution in [2.75, 3.05) is 6.61 Å². The number of carbonyl (C=O) groups is 8. The van der Waals surface area contributed by atoms with E-state index >= 15 is 0 Å². The number of rotatable bonds is 5. The van der Waals surface area contributed by atoms with Crippen LogP contribution in [0.15, 0.2) is 30.3 Å². The topological polar surface area (TPSA) is 444 Å². The molecule has 0 radical (unpaired) electrons. The molecule has 0 unspecified atom stereocenters. The van der Waals surface area contributed by atoms with E-state index < -0.39 is 211 Å². The summed E-state index contributed by atoms with van der Waals surface area (Å²) in [6.45, 7) is -1.32. The zero-order valence-electron chi connectivity index (χ0n) is 33.3. The van der Waals surface area contributed by atoms with Crippen molar-refractivity contribution < 1.29 is 133 Å². The van der Waals surface area contributed by atoms with Gasteiger partial charge >= 0.3 is 41.8 Å². The molecule has 0 spiro atoms. The number of hydrogen-bond donors (Lipinski definition) is 12. The fourth-order valence-electron chi connectivity index (χ4n) is 7.85. The number of phenols is 11. The van der Waals surface area contributed by atoms with Crippen molar-refractivity contribution in [3.8, 4) is 80.1 Å². The van der Waals surface area contributed by atoms with Crippen LogP contribution >= 0.6 is 0 Å². The second-order valence-electron chi connectivity index (χ2n) is 15.1. The first-order chi connectivity index (χ1) is 32.0. The summed E-state index contributed by atoms with van der Waals surface area (Å²) in [7, 11) is 0. The molecule has 1 saturated heterocycles. The molecule has 4 aromatic carbocycles. The maximum atomic E-state index is 14.6. The number of carboxylic acids is 1. The third kappa shape index (κ3) is 7.23. The van der Waals surface area contributed by atoms with Crippen molar-refractivity contribution in [3.05, 3.63) is 58.1 Å². The number of phenolic OH excluding ortho intramolecular Hbond substituents is 11. The molecule has 4 heterocycles. The van der Waals surface area contributed by atoms with E-state index in [1.165, 1.54) is 0 Å². The van der Waals surface area contributed by atoms with Gasteiger partial charge < -0.3 is 94.4 Å². The van der Waals surface area contributed by atoms with Crippen LogP contribution in [0.3, 0.4) is 0 Å². The average molecular weight is 953 g/mol. The number of ketones is 1. The van der Waals surface area contributed by atoms with Crippen molar-refractivity contribution in [3.63, 3.8) is 0 Å². The van der Waals surface area contributed by atoms with Gasteiger partial charge in [-0.15, -0.1) is 0 Å². The number of aromatic hydroxyl groups is 11. The molecule has 0 saturated carbocycles. The monoisotopic (exact) mass is 952 g/mol. The molecule has 4 aliphatic heterocycles. The smallest absolute Gasteiger partial charge is 0.372 e. The summed E-state index contributed by atoms with van der Waals surface area (Å²) < 4.78 is 38.8. The minimum Gasteiger partial charge on any atom is -0.504 e. The lowest BCUT2D eigenvalue weighted by atomic mass is 9.81. The molecule has 0 aromatic heterocycles. The molecule has 1 fully saturated rings. The van der Waals surface area contributed by atoms with Crippen molar-refractivity contribution in [1.29, 1.82) is 0 Å². The summed E-state index contributed by atoms with van der Waals surface area (Å²) in [6, 6.07) is 2.36. The van der Waals surface area contributed by atoms with Crippen LogP contribution < -0.4 is 4.74 Å². The Balaban J connectivity index is 1.38. The molecule has 68 heavy (non-hydrogen) atoms. The van der Waals surface area contributed by atoms with Crippen molar-refractivity contribution in [1.82, 2.24) is 0 Å². The van der Waals surface area contributed by atoms with Crippen LogP contribution in [-0.4, -0.2) is 146 Å². The number of esters is 6. The van der Waals surface area contributed by atoms with E-state index in [1.54, 1.807) is 0 Å². The average Bonchev–Trinajstić information content (AvgIpc) is 3.62. The van der Waals surface area contributed by atoms with Crippen LogP contribution in [0.1, 0.15) is 59.3 Å². The van der Waals surface area contributed by atoms with Crippen LogP contribution in [0.4, 0.5) is 0 Å². The maximum absolute atomic E-state index is 14.6. The van der Waals surface area contributed by atoms with Gasteiger partial charge in [0, 0.05) is 23.1 Å². The molecule has 0 amide bonds. The Hall–Kier alpha value is -9.40. The molecule has 27 heteroatoms. The summed E-state index contributed by atoms with van der Waals surface area (Å²) in [5.74, 6) is -34.0. The lowest BCUT2D eigenvalue weighted by Crippen LogP contribution is -2.63. The standard InChI is InChI=1S/C41H28O27/c42-13-1-8(2-14(43)24(13)48)35(56)68-41-33-32-30(64-39(60)12(6-18(47)34(54)55)23-22-11(38(59)67-33)5-17(46)27(51)31(22)65-40(23)61)19(63-41)7-62-36(57)9-3-15(44)25(49)28(52)20(9)21-10(37(58)66-32)4-16(45)26(50)29(21)53/h1-5,12,19,23,30,32-33,41-46,48-53H,6-7H2,(H,54,55)/t12-,19+,23-,30+,32-,33+,41-/m0/s1. The second-order valence-corrected chi connectivity index (χ2v) is 15.1. The molecule has 8 rings (SSSR count). The van der Waals surface area contributed by atoms with Crippen LogP contribution in [0.2, 0.25) is 0 Å². The Kier molecular flexibility index (Phi) is 10.8. The number of carboxylic acid groups (broad SMARTS) is 1. The Morgan fingerprint density at radius 3 is 1.68 bits per heavy atom. The molecule has 4 aromatic rings. The largest absolute Gasteiger partial charge is 0.504 e. The lowest BCUT2D eigenvalue weighted by molar-refractivity contribution is -0.287. The molecule has 4 bridgehead atoms. The lowest BCUT2D eigenvalue weighted by Gasteiger charge is -2.44. The van der Waals surface area contributed by atoms with Gasteiger partial charge in [-0.3, -0.25) is 14.4 Å². The van der Waals surface area contributed by atoms with Crippen molar-refractivity contribution in [2.45, 2.75) is 43.0 Å². The van der Waals surface area contributed by atoms with Gasteiger partial charge in [-0.1, -0.05) is 0 Å². The van der Waals surface area contributed by atoms with Crippen LogP contribution in [0.25, 0.3) is 11.1 Å². The maximum Gasteiger partial charge on any atom is 0.372 e. The van der Waals surface area contributed by atoms with Gasteiger partial charge in [0.2, 0.25) is 35.4 Å². The number of Topliss-reactive ketones (excluding diaryl/α,β-unsaturated/α-hetero) is 1. The minimum atomic E-state index is -2.58. The van der Waals surface area contributed by atoms with Crippen molar-refractivity contribution >= 4 is 47.6 Å². The Morgan fingerprint density at radius 1 is 0.574 bits per heavy atom. The summed E-state index contributed by atoms with van der Waals surface area (Å²) >= 11 is 0. The molecule has 27 nitrogen and oxygen atoms in total. The summed E-state index contributed by atoms with van der Waals surface area (Å²) in [5, 5.41) is 125. The second kappa shape index (κ2) is 16.2. The zero-order valence-corrected chi connectivity index (χ0v) is 33.3. The predicted molar refractivity (Wildman–Crippen MR) is 205 cm³/mol. The molecule has 4 aliphatic rings. The fourth-order valence-corrected chi connectivity index (χ4v) is 7.85. The van der Waals surface area contributed by atoms with Gasteiger partial charge in [-0.2, -0.15) is 0 Å². The summed E-state index contributed by atoms with van der Waals surface area (Å²) in [5.41, 5.74) is -7.04. The first kappa shape index (κ1) is 45.2. The number of hydrogen-bond acceptors (Lipinski definition) is 26. The van der Waals surface area contributed by atoms with E-state index in [1.807, 2.05) is 0 Å². The normalized spacial score (nSPS) is 22.9. The molecule has 0 aliphatic carbocycles. The van der Waals surface area contributed by atoms with E-state index in [0.29, 0.717) is 30.3 Å². The molecular weight excluding hydrogens is 924 g/mol. The third-order valence-corrected chi connectivity index (χ3v) is 11.0. The van der Waals surface area contributed by atoms with E-state index in [-0.39, 0.29) is 0 Å². The van der Waals surface area contributed by atoms with Gasteiger partial charge in [0.05, 0.1) is 28.2 Å². The van der Waals surface area contributed by atoms with Crippen LogP contribution in [-0.2, 0) is 47.6 Å². The van der Waals surface area contributed by atoms with Gasteiger partial charge in [-0.05, 0) is 30.3 Å². The Labute approximate surface area is 373 Å². The number of ether oxygens (including phenoxy) is 7. The van der Waals surface area contributed by atoms with Crippen LogP contribution in [0, 0.1) is 5.92 Å². The Bertz CT molecular complexity index is 2950. The molecule has 12 N–H and O–H groups in total. The van der Waals surface area contributed by atoms with Gasteiger partial charge in [-0.25, -0.2) is 24.0 Å². The van der Waals surface area contributed by atoms with E-state index in [0.717, 1.165) is 0 Å². The predicted octanol–water partition coefficient (Wildman–Crippen LogP) is 0.206. The van der Waals surface area contributed by atoms with Crippen molar-refractivity contribution in [2.24, 2.45) is 5.92 Å². The number of cyclic esters (lactones) is 1. The summed E-state index contributed by atoms with van der Waals surface area (Å²) in [6.07, 6.45) is -13.8. The van der Waals surface area contributed by atoms with Gasteiger partial charge in [0.15, 0.2) is 64.0 Å². The highest BCUT2D eigenvalue weighted by Crippen LogP contribution is 2.54. The molecular formula is C41H28O27. The van der Waals surface area contributed by atoms with E-state index in [4.69, 9.17) is 33.2 Å².